The van der Waals surface area contributed by atoms with E-state index in [2.05, 4.69) is 26.1 Å². The van der Waals surface area contributed by atoms with Gasteiger partial charge in [0, 0.05) is 6.54 Å². The second-order valence-electron chi connectivity index (χ2n) is 4.34. The molecule has 0 unspecified atom stereocenters. The van der Waals surface area contributed by atoms with Crippen molar-refractivity contribution in [2.24, 2.45) is 5.92 Å². The minimum absolute atomic E-state index is 0.597. The van der Waals surface area contributed by atoms with Gasteiger partial charge in [0.1, 0.15) is 5.75 Å². The first-order chi connectivity index (χ1) is 7.65. The molecule has 0 saturated carbocycles. The number of nitrogens with one attached hydrogen (secondary N) is 1. The number of rotatable bonds is 6. The van der Waals surface area contributed by atoms with E-state index in [9.17, 15) is 0 Å². The largest absolute Gasteiger partial charge is 0.491 e. The third-order valence-electron chi connectivity index (χ3n) is 2.23. The Kier molecular flexibility index (Phi) is 4.96. The van der Waals surface area contributed by atoms with Gasteiger partial charge in [0.25, 0.3) is 0 Å². The summed E-state index contributed by atoms with van der Waals surface area (Å²) in [5.74, 6) is 1.37. The highest BCUT2D eigenvalue weighted by Crippen LogP contribution is 2.29. The van der Waals surface area contributed by atoms with E-state index in [-0.39, 0.29) is 0 Å². The maximum Gasteiger partial charge on any atom is 0.144 e. The Morgan fingerprint density at radius 2 is 2.12 bits per heavy atom. The van der Waals surface area contributed by atoms with Crippen LogP contribution in [0.2, 0.25) is 0 Å². The molecule has 1 aromatic rings. The number of nitrogen functional groups attached to an aromatic ring is 1. The van der Waals surface area contributed by atoms with Gasteiger partial charge in [0.2, 0.25) is 0 Å². The number of nitrogens with two attached hydrogens (primary N) is 1. The minimum atomic E-state index is 0.597. The fraction of sp³-hybridized carbons (Fsp3) is 0.538. The highest BCUT2D eigenvalue weighted by atomic mass is 16.5. The van der Waals surface area contributed by atoms with Crippen LogP contribution in [0.5, 0.6) is 5.75 Å². The molecule has 0 bridgehead atoms. The smallest absolute Gasteiger partial charge is 0.144 e. The van der Waals surface area contributed by atoms with Gasteiger partial charge in [0.15, 0.2) is 0 Å². The maximum absolute atomic E-state index is 6.02. The lowest BCUT2D eigenvalue weighted by Gasteiger charge is -2.14. The predicted molar refractivity (Wildman–Crippen MR) is 70.0 cm³/mol. The van der Waals surface area contributed by atoms with Crippen LogP contribution in [0.1, 0.15) is 27.2 Å². The molecule has 0 spiro atoms. The average Bonchev–Trinajstić information content (AvgIpc) is 2.26. The average molecular weight is 222 g/mol. The highest BCUT2D eigenvalue weighted by molar-refractivity contribution is 5.72. The summed E-state index contributed by atoms with van der Waals surface area (Å²) in [7, 11) is 0. The van der Waals surface area contributed by atoms with Crippen molar-refractivity contribution in [1.29, 1.82) is 0 Å². The number of hydrogen-bond donors (Lipinski definition) is 2. The Labute approximate surface area is 98.0 Å². The molecule has 0 radical (unpaired) electrons. The van der Waals surface area contributed by atoms with Crippen molar-refractivity contribution in [3.63, 3.8) is 0 Å². The van der Waals surface area contributed by atoms with E-state index in [1.807, 2.05) is 18.2 Å². The summed E-state index contributed by atoms with van der Waals surface area (Å²) in [4.78, 5) is 0. The van der Waals surface area contributed by atoms with E-state index < -0.39 is 0 Å². The highest BCUT2D eigenvalue weighted by Gasteiger charge is 2.05. The summed E-state index contributed by atoms with van der Waals surface area (Å²) in [6.07, 6.45) is 0.989. The monoisotopic (exact) mass is 222 g/mol. The van der Waals surface area contributed by atoms with Crippen LogP contribution >= 0.6 is 0 Å². The molecule has 3 nitrogen and oxygen atoms in total. The summed E-state index contributed by atoms with van der Waals surface area (Å²) in [5.41, 5.74) is 7.69. The van der Waals surface area contributed by atoms with E-state index in [1.54, 1.807) is 0 Å². The van der Waals surface area contributed by atoms with Crippen molar-refractivity contribution in [1.82, 2.24) is 0 Å². The van der Waals surface area contributed by atoms with E-state index in [0.717, 1.165) is 24.4 Å². The first-order valence-electron chi connectivity index (χ1n) is 5.90. The first-order valence-corrected chi connectivity index (χ1v) is 5.90. The van der Waals surface area contributed by atoms with Gasteiger partial charge in [-0.05, 0) is 24.5 Å². The molecule has 3 N–H and O–H groups in total. The summed E-state index contributed by atoms with van der Waals surface area (Å²) >= 11 is 0. The third-order valence-corrected chi connectivity index (χ3v) is 2.23. The molecule has 0 saturated heterocycles. The quantitative estimate of drug-likeness (QED) is 0.727. The van der Waals surface area contributed by atoms with Crippen molar-refractivity contribution in [3.05, 3.63) is 18.2 Å². The SMILES string of the molecule is CCCOc1cccc(NCC(C)C)c1N. The van der Waals surface area contributed by atoms with Gasteiger partial charge in [-0.25, -0.2) is 0 Å². The van der Waals surface area contributed by atoms with Crippen molar-refractivity contribution < 1.29 is 4.74 Å². The van der Waals surface area contributed by atoms with Crippen LogP contribution in [0.3, 0.4) is 0 Å². The maximum atomic E-state index is 6.02. The van der Waals surface area contributed by atoms with Gasteiger partial charge in [-0.15, -0.1) is 0 Å². The summed E-state index contributed by atoms with van der Waals surface area (Å²) in [6.45, 7) is 8.04. The second kappa shape index (κ2) is 6.26. The zero-order valence-corrected chi connectivity index (χ0v) is 10.4. The Balaban J connectivity index is 2.70. The fourth-order valence-electron chi connectivity index (χ4n) is 1.35. The lowest BCUT2D eigenvalue weighted by Crippen LogP contribution is -2.10. The molecule has 1 rings (SSSR count). The molecule has 16 heavy (non-hydrogen) atoms. The second-order valence-corrected chi connectivity index (χ2v) is 4.34. The lowest BCUT2D eigenvalue weighted by molar-refractivity contribution is 0.319. The van der Waals surface area contributed by atoms with Gasteiger partial charge in [-0.3, -0.25) is 0 Å². The van der Waals surface area contributed by atoms with Crippen LogP contribution in [-0.2, 0) is 0 Å². The predicted octanol–water partition coefficient (Wildman–Crippen LogP) is 3.13. The van der Waals surface area contributed by atoms with E-state index in [1.165, 1.54) is 0 Å². The Morgan fingerprint density at radius 1 is 1.38 bits per heavy atom. The Bertz CT molecular complexity index is 324. The molecule has 3 heteroatoms. The molecule has 0 aliphatic carbocycles. The van der Waals surface area contributed by atoms with Gasteiger partial charge < -0.3 is 15.8 Å². The number of anilines is 2. The van der Waals surface area contributed by atoms with Gasteiger partial charge in [-0.1, -0.05) is 26.8 Å². The van der Waals surface area contributed by atoms with Crippen LogP contribution in [0.15, 0.2) is 18.2 Å². The van der Waals surface area contributed by atoms with E-state index >= 15 is 0 Å². The summed E-state index contributed by atoms with van der Waals surface area (Å²) < 4.78 is 5.57. The fourth-order valence-corrected chi connectivity index (χ4v) is 1.35. The van der Waals surface area contributed by atoms with Crippen molar-refractivity contribution >= 4 is 11.4 Å². The van der Waals surface area contributed by atoms with Crippen molar-refractivity contribution in [2.45, 2.75) is 27.2 Å². The third kappa shape index (κ3) is 3.65. The summed E-state index contributed by atoms with van der Waals surface area (Å²) in [5, 5.41) is 3.32. The molecule has 0 aromatic heterocycles. The lowest BCUT2D eigenvalue weighted by atomic mass is 10.2. The first kappa shape index (κ1) is 12.7. The topological polar surface area (TPSA) is 47.3 Å². The summed E-state index contributed by atoms with van der Waals surface area (Å²) in [6, 6.07) is 5.85. The zero-order chi connectivity index (χ0) is 12.0. The number of ether oxygens (including phenoxy) is 1. The molecule has 0 atom stereocenters. The molecular weight excluding hydrogens is 200 g/mol. The van der Waals surface area contributed by atoms with Crippen molar-refractivity contribution in [3.8, 4) is 5.75 Å². The van der Waals surface area contributed by atoms with Gasteiger partial charge >= 0.3 is 0 Å². The van der Waals surface area contributed by atoms with Gasteiger partial charge in [-0.2, -0.15) is 0 Å². The standard InChI is InChI=1S/C13H22N2O/c1-4-8-16-12-7-5-6-11(13(12)14)15-9-10(2)3/h5-7,10,15H,4,8-9,14H2,1-3H3. The Hall–Kier alpha value is -1.38. The molecule has 1 aromatic carbocycles. The van der Waals surface area contributed by atoms with Crippen LogP contribution in [0, 0.1) is 5.92 Å². The minimum Gasteiger partial charge on any atom is -0.491 e. The van der Waals surface area contributed by atoms with Crippen LogP contribution < -0.4 is 15.8 Å². The molecule has 0 aliphatic rings. The normalized spacial score (nSPS) is 10.5. The number of hydrogen-bond acceptors (Lipinski definition) is 3. The molecular formula is C13H22N2O. The Morgan fingerprint density at radius 3 is 2.75 bits per heavy atom. The number of benzene rings is 1. The van der Waals surface area contributed by atoms with E-state index in [4.69, 9.17) is 10.5 Å². The molecule has 0 heterocycles. The van der Waals surface area contributed by atoms with Crippen LogP contribution in [0.25, 0.3) is 0 Å². The molecule has 0 amide bonds. The molecule has 0 aliphatic heterocycles. The van der Waals surface area contributed by atoms with Crippen LogP contribution in [0.4, 0.5) is 11.4 Å². The van der Waals surface area contributed by atoms with E-state index in [0.29, 0.717) is 18.2 Å². The van der Waals surface area contributed by atoms with Gasteiger partial charge in [0.05, 0.1) is 18.0 Å². The molecule has 0 fully saturated rings. The van der Waals surface area contributed by atoms with Crippen molar-refractivity contribution in [2.75, 3.05) is 24.2 Å². The van der Waals surface area contributed by atoms with Crippen LogP contribution in [-0.4, -0.2) is 13.2 Å². The molecule has 90 valence electrons. The zero-order valence-electron chi connectivity index (χ0n) is 10.4. The number of para-hydroxylation sites is 1.